The van der Waals surface area contributed by atoms with Crippen LogP contribution in [0.5, 0.6) is 5.75 Å². The Labute approximate surface area is 118 Å². The zero-order valence-electron chi connectivity index (χ0n) is 12.3. The monoisotopic (exact) mass is 279 g/mol. The number of hydrogen-bond donors (Lipinski definition) is 2. The molecular formula is C15H21NO4. The molecular weight excluding hydrogens is 258 g/mol. The van der Waals surface area contributed by atoms with Crippen molar-refractivity contribution >= 4 is 11.9 Å². The molecule has 0 radical (unpaired) electrons. The number of amides is 1. The zero-order valence-corrected chi connectivity index (χ0v) is 12.3. The van der Waals surface area contributed by atoms with Crippen LogP contribution >= 0.6 is 0 Å². The van der Waals surface area contributed by atoms with Crippen molar-refractivity contribution in [2.24, 2.45) is 5.92 Å². The van der Waals surface area contributed by atoms with Crippen molar-refractivity contribution < 1.29 is 19.4 Å². The van der Waals surface area contributed by atoms with Gasteiger partial charge in [-0.25, -0.2) is 4.79 Å². The molecule has 0 saturated heterocycles. The summed E-state index contributed by atoms with van der Waals surface area (Å²) in [6, 6.07) is 4.05. The van der Waals surface area contributed by atoms with Crippen molar-refractivity contribution in [1.82, 2.24) is 5.32 Å². The van der Waals surface area contributed by atoms with Gasteiger partial charge < -0.3 is 15.2 Å². The third-order valence-electron chi connectivity index (χ3n) is 2.90. The van der Waals surface area contributed by atoms with E-state index in [4.69, 9.17) is 0 Å². The Bertz CT molecular complexity index is 497. The molecule has 1 aromatic rings. The lowest BCUT2D eigenvalue weighted by Gasteiger charge is -2.18. The zero-order chi connectivity index (χ0) is 15.3. The number of aryl methyl sites for hydroxylation is 1. The summed E-state index contributed by atoms with van der Waals surface area (Å²) in [5, 5.41) is 12.4. The van der Waals surface area contributed by atoms with Crippen LogP contribution < -0.4 is 5.32 Å². The van der Waals surface area contributed by atoms with Crippen LogP contribution in [0.4, 0.5) is 0 Å². The van der Waals surface area contributed by atoms with Crippen molar-refractivity contribution in [3.63, 3.8) is 0 Å². The fourth-order valence-corrected chi connectivity index (χ4v) is 1.90. The molecule has 1 unspecified atom stereocenters. The van der Waals surface area contributed by atoms with E-state index in [0.29, 0.717) is 6.42 Å². The summed E-state index contributed by atoms with van der Waals surface area (Å²) in [4.78, 5) is 23.8. The van der Waals surface area contributed by atoms with E-state index in [1.165, 1.54) is 19.2 Å². The van der Waals surface area contributed by atoms with Gasteiger partial charge in [-0.3, -0.25) is 4.79 Å². The second-order valence-electron chi connectivity index (χ2n) is 5.20. The highest BCUT2D eigenvalue weighted by atomic mass is 16.5. The maximum Gasteiger partial charge on any atom is 0.328 e. The van der Waals surface area contributed by atoms with Gasteiger partial charge in [0.25, 0.3) is 5.91 Å². The number of methoxy groups -OCH3 is 1. The van der Waals surface area contributed by atoms with E-state index in [2.05, 4.69) is 10.1 Å². The number of carbonyl (C=O) groups excluding carboxylic acids is 2. The van der Waals surface area contributed by atoms with Gasteiger partial charge in [0.1, 0.15) is 11.8 Å². The Morgan fingerprint density at radius 2 is 2.00 bits per heavy atom. The fourth-order valence-electron chi connectivity index (χ4n) is 1.90. The highest BCUT2D eigenvalue weighted by molar-refractivity contribution is 5.99. The number of aromatic hydroxyl groups is 1. The lowest BCUT2D eigenvalue weighted by atomic mass is 10.0. The first-order valence-electron chi connectivity index (χ1n) is 6.53. The molecule has 1 aromatic carbocycles. The summed E-state index contributed by atoms with van der Waals surface area (Å²) in [6.45, 7) is 5.72. The standard InChI is InChI=1S/C15H21NO4/c1-9(2)7-12(15(19)20-4)16-14(18)11-6-5-10(3)8-13(11)17/h5-6,8-9,12,17H,7H2,1-4H3,(H,16,18). The van der Waals surface area contributed by atoms with E-state index < -0.39 is 17.9 Å². The molecule has 5 nitrogen and oxygen atoms in total. The summed E-state index contributed by atoms with van der Waals surface area (Å²) in [5.74, 6) is -0.848. The van der Waals surface area contributed by atoms with Crippen LogP contribution in [0.1, 0.15) is 36.2 Å². The predicted molar refractivity (Wildman–Crippen MR) is 75.6 cm³/mol. The normalized spacial score (nSPS) is 12.1. The van der Waals surface area contributed by atoms with Crippen LogP contribution in [0.15, 0.2) is 18.2 Å². The Balaban J connectivity index is 2.87. The van der Waals surface area contributed by atoms with Crippen LogP contribution in [0, 0.1) is 12.8 Å². The molecule has 0 aliphatic heterocycles. The molecule has 0 heterocycles. The Hall–Kier alpha value is -2.04. The van der Waals surface area contributed by atoms with E-state index in [1.54, 1.807) is 6.07 Å². The van der Waals surface area contributed by atoms with E-state index in [1.807, 2.05) is 20.8 Å². The molecule has 20 heavy (non-hydrogen) atoms. The predicted octanol–water partition coefficient (Wildman–Crippen LogP) is 2.02. The molecule has 1 rings (SSSR count). The minimum atomic E-state index is -0.715. The van der Waals surface area contributed by atoms with Gasteiger partial charge in [0.2, 0.25) is 0 Å². The topological polar surface area (TPSA) is 75.6 Å². The van der Waals surface area contributed by atoms with Gasteiger partial charge in [0.15, 0.2) is 0 Å². The van der Waals surface area contributed by atoms with Gasteiger partial charge in [-0.2, -0.15) is 0 Å². The molecule has 1 atom stereocenters. The molecule has 110 valence electrons. The Kier molecular flexibility index (Phi) is 5.55. The number of rotatable bonds is 5. The second kappa shape index (κ2) is 6.93. The van der Waals surface area contributed by atoms with Crippen molar-refractivity contribution in [2.75, 3.05) is 7.11 Å². The molecule has 5 heteroatoms. The first-order valence-corrected chi connectivity index (χ1v) is 6.53. The third-order valence-corrected chi connectivity index (χ3v) is 2.90. The first kappa shape index (κ1) is 16.0. The maximum absolute atomic E-state index is 12.1. The molecule has 0 aromatic heterocycles. The average Bonchev–Trinajstić information content (AvgIpc) is 2.36. The van der Waals surface area contributed by atoms with Crippen molar-refractivity contribution in [1.29, 1.82) is 0 Å². The summed E-state index contributed by atoms with van der Waals surface area (Å²) in [6.07, 6.45) is 0.477. The molecule has 1 amide bonds. The van der Waals surface area contributed by atoms with Crippen LogP contribution in [-0.4, -0.2) is 30.1 Å². The number of phenolic OH excluding ortho intramolecular Hbond substituents is 1. The SMILES string of the molecule is COC(=O)C(CC(C)C)NC(=O)c1ccc(C)cc1O. The van der Waals surface area contributed by atoms with Crippen molar-refractivity contribution in [3.8, 4) is 5.75 Å². The lowest BCUT2D eigenvalue weighted by Crippen LogP contribution is -2.42. The molecule has 0 fully saturated rings. The van der Waals surface area contributed by atoms with Crippen molar-refractivity contribution in [2.45, 2.75) is 33.2 Å². The molecule has 0 bridgehead atoms. The highest BCUT2D eigenvalue weighted by Gasteiger charge is 2.24. The van der Waals surface area contributed by atoms with Crippen LogP contribution in [0.25, 0.3) is 0 Å². The van der Waals surface area contributed by atoms with Crippen LogP contribution in [-0.2, 0) is 9.53 Å². The number of ether oxygens (including phenoxy) is 1. The van der Waals surface area contributed by atoms with E-state index in [0.717, 1.165) is 5.56 Å². The fraction of sp³-hybridized carbons (Fsp3) is 0.467. The van der Waals surface area contributed by atoms with Gasteiger partial charge in [0, 0.05) is 0 Å². The summed E-state index contributed by atoms with van der Waals surface area (Å²) >= 11 is 0. The second-order valence-corrected chi connectivity index (χ2v) is 5.20. The molecule has 0 aliphatic rings. The smallest absolute Gasteiger partial charge is 0.328 e. The molecule has 2 N–H and O–H groups in total. The number of phenols is 1. The van der Waals surface area contributed by atoms with E-state index >= 15 is 0 Å². The van der Waals surface area contributed by atoms with Crippen LogP contribution in [0.3, 0.4) is 0 Å². The van der Waals surface area contributed by atoms with Gasteiger partial charge >= 0.3 is 5.97 Å². The number of hydrogen-bond acceptors (Lipinski definition) is 4. The molecule has 0 spiro atoms. The molecule has 0 saturated carbocycles. The maximum atomic E-state index is 12.1. The third kappa shape index (κ3) is 4.26. The Morgan fingerprint density at radius 3 is 2.50 bits per heavy atom. The number of esters is 1. The Morgan fingerprint density at radius 1 is 1.35 bits per heavy atom. The van der Waals surface area contributed by atoms with Gasteiger partial charge in [-0.15, -0.1) is 0 Å². The van der Waals surface area contributed by atoms with Gasteiger partial charge in [0.05, 0.1) is 12.7 Å². The van der Waals surface area contributed by atoms with Gasteiger partial charge in [-0.1, -0.05) is 19.9 Å². The lowest BCUT2D eigenvalue weighted by molar-refractivity contribution is -0.143. The van der Waals surface area contributed by atoms with E-state index in [-0.39, 0.29) is 17.2 Å². The number of nitrogens with one attached hydrogen (secondary N) is 1. The number of benzene rings is 1. The van der Waals surface area contributed by atoms with E-state index in [9.17, 15) is 14.7 Å². The average molecular weight is 279 g/mol. The first-order chi connectivity index (χ1) is 9.35. The highest BCUT2D eigenvalue weighted by Crippen LogP contribution is 2.19. The van der Waals surface area contributed by atoms with Crippen LogP contribution in [0.2, 0.25) is 0 Å². The van der Waals surface area contributed by atoms with Gasteiger partial charge in [-0.05, 0) is 37.0 Å². The minimum absolute atomic E-state index is 0.101. The summed E-state index contributed by atoms with van der Waals surface area (Å²) < 4.78 is 4.68. The number of carbonyl (C=O) groups is 2. The van der Waals surface area contributed by atoms with Crippen molar-refractivity contribution in [3.05, 3.63) is 29.3 Å². The largest absolute Gasteiger partial charge is 0.507 e. The summed E-state index contributed by atoms with van der Waals surface area (Å²) in [5.41, 5.74) is 0.999. The quantitative estimate of drug-likeness (QED) is 0.808. The molecule has 0 aliphatic carbocycles. The summed E-state index contributed by atoms with van der Waals surface area (Å²) in [7, 11) is 1.28. The minimum Gasteiger partial charge on any atom is -0.507 e.